The molecule has 6 heteroatoms. The Hall–Kier alpha value is -1.85. The highest BCUT2D eigenvalue weighted by Crippen LogP contribution is 2.38. The summed E-state index contributed by atoms with van der Waals surface area (Å²) in [6.45, 7) is 0. The van der Waals surface area contributed by atoms with Crippen LogP contribution in [-0.4, -0.2) is 16.3 Å². The molecule has 0 atom stereocenters. The van der Waals surface area contributed by atoms with Crippen molar-refractivity contribution < 1.29 is 4.79 Å². The first-order chi connectivity index (χ1) is 6.85. The normalized spacial score (nSPS) is 16.0. The standard InChI is InChI=1S/C8H9N5O/c9-13-12-8-6(4-14)3-10-7(11-8)5-1-2-5/h3-5H,1-2H2,(H2,9,10,11,12). The van der Waals surface area contributed by atoms with Gasteiger partial charge in [0.2, 0.25) is 0 Å². The van der Waals surface area contributed by atoms with E-state index in [1.54, 1.807) is 0 Å². The van der Waals surface area contributed by atoms with Crippen molar-refractivity contribution in [2.24, 2.45) is 16.2 Å². The zero-order valence-electron chi connectivity index (χ0n) is 7.42. The molecule has 0 aromatic carbocycles. The molecule has 1 fully saturated rings. The number of aromatic nitrogens is 2. The van der Waals surface area contributed by atoms with Gasteiger partial charge in [0, 0.05) is 12.1 Å². The van der Waals surface area contributed by atoms with E-state index in [1.807, 2.05) is 0 Å². The summed E-state index contributed by atoms with van der Waals surface area (Å²) in [6.07, 6.45) is 4.29. The molecule has 6 nitrogen and oxygen atoms in total. The average molecular weight is 191 g/mol. The van der Waals surface area contributed by atoms with E-state index in [2.05, 4.69) is 20.3 Å². The fourth-order valence-corrected chi connectivity index (χ4v) is 1.15. The van der Waals surface area contributed by atoms with Crippen LogP contribution in [0.1, 0.15) is 34.9 Å². The lowest BCUT2D eigenvalue weighted by Gasteiger charge is -1.99. The minimum Gasteiger partial charge on any atom is -0.305 e. The van der Waals surface area contributed by atoms with Gasteiger partial charge in [0.05, 0.1) is 5.56 Å². The van der Waals surface area contributed by atoms with Gasteiger partial charge in [-0.2, -0.15) is 0 Å². The molecule has 72 valence electrons. The second-order valence-electron chi connectivity index (χ2n) is 3.11. The number of hydrogen-bond acceptors (Lipinski definition) is 5. The number of rotatable bonds is 3. The van der Waals surface area contributed by atoms with E-state index < -0.39 is 0 Å². The molecule has 2 N–H and O–H groups in total. The van der Waals surface area contributed by atoms with Gasteiger partial charge in [0.15, 0.2) is 12.1 Å². The molecule has 0 saturated heterocycles. The molecule has 0 bridgehead atoms. The van der Waals surface area contributed by atoms with Gasteiger partial charge >= 0.3 is 0 Å². The molecule has 1 aliphatic rings. The van der Waals surface area contributed by atoms with Crippen LogP contribution in [0.15, 0.2) is 16.5 Å². The molecule has 1 aromatic rings. The van der Waals surface area contributed by atoms with E-state index in [4.69, 9.17) is 5.84 Å². The van der Waals surface area contributed by atoms with Crippen LogP contribution >= 0.6 is 0 Å². The summed E-state index contributed by atoms with van der Waals surface area (Å²) in [6, 6.07) is 0. The van der Waals surface area contributed by atoms with Crippen molar-refractivity contribution >= 4 is 12.1 Å². The third kappa shape index (κ3) is 1.59. The quantitative estimate of drug-likeness (QED) is 0.335. The first-order valence-corrected chi connectivity index (χ1v) is 4.28. The number of hydrogen-bond donors (Lipinski definition) is 1. The minimum absolute atomic E-state index is 0.249. The lowest BCUT2D eigenvalue weighted by Crippen LogP contribution is -1.95. The highest BCUT2D eigenvalue weighted by atomic mass is 16.1. The summed E-state index contributed by atoms with van der Waals surface area (Å²) in [4.78, 5) is 18.8. The fraction of sp³-hybridized carbons (Fsp3) is 0.375. The van der Waals surface area contributed by atoms with Crippen LogP contribution in [0.4, 0.5) is 5.82 Å². The van der Waals surface area contributed by atoms with E-state index in [9.17, 15) is 4.79 Å². The molecule has 0 radical (unpaired) electrons. The number of carbonyl (C=O) groups is 1. The predicted octanol–water partition coefficient (Wildman–Crippen LogP) is 1.12. The zero-order chi connectivity index (χ0) is 9.97. The van der Waals surface area contributed by atoms with Crippen LogP contribution < -0.4 is 5.84 Å². The Morgan fingerprint density at radius 2 is 2.36 bits per heavy atom. The first-order valence-electron chi connectivity index (χ1n) is 4.28. The minimum atomic E-state index is 0.249. The predicted molar refractivity (Wildman–Crippen MR) is 48.1 cm³/mol. The van der Waals surface area contributed by atoms with Crippen LogP contribution in [0.3, 0.4) is 0 Å². The Morgan fingerprint density at radius 3 is 2.93 bits per heavy atom. The fourth-order valence-electron chi connectivity index (χ4n) is 1.15. The molecule has 14 heavy (non-hydrogen) atoms. The van der Waals surface area contributed by atoms with Crippen molar-refractivity contribution in [2.75, 3.05) is 0 Å². The monoisotopic (exact) mass is 191 g/mol. The first kappa shape index (κ1) is 8.74. The van der Waals surface area contributed by atoms with Crippen molar-refractivity contribution in [1.29, 1.82) is 0 Å². The van der Waals surface area contributed by atoms with Gasteiger partial charge in [-0.25, -0.2) is 9.97 Å². The molecule has 0 unspecified atom stereocenters. The van der Waals surface area contributed by atoms with Gasteiger partial charge in [0.25, 0.3) is 0 Å². The average Bonchev–Trinajstić information content (AvgIpc) is 3.01. The van der Waals surface area contributed by atoms with E-state index in [0.29, 0.717) is 17.8 Å². The molecule has 1 aromatic heterocycles. The molecular formula is C8H9N5O. The summed E-state index contributed by atoms with van der Waals surface area (Å²) in [5.41, 5.74) is 0.309. The van der Waals surface area contributed by atoms with Gasteiger partial charge < -0.3 is 5.84 Å². The molecule has 0 spiro atoms. The van der Waals surface area contributed by atoms with Crippen molar-refractivity contribution in [3.63, 3.8) is 0 Å². The van der Waals surface area contributed by atoms with Gasteiger partial charge in [0.1, 0.15) is 5.82 Å². The third-order valence-electron chi connectivity index (χ3n) is 2.04. The zero-order valence-corrected chi connectivity index (χ0v) is 7.42. The molecule has 1 aliphatic carbocycles. The van der Waals surface area contributed by atoms with E-state index >= 15 is 0 Å². The Bertz CT molecular complexity index is 385. The van der Waals surface area contributed by atoms with Crippen molar-refractivity contribution in [3.8, 4) is 0 Å². The maximum atomic E-state index is 10.6. The Balaban J connectivity index is 2.40. The SMILES string of the molecule is NN=Nc1nc(C2CC2)ncc1C=O. The Morgan fingerprint density at radius 1 is 1.57 bits per heavy atom. The summed E-state index contributed by atoms with van der Waals surface area (Å²) >= 11 is 0. The maximum Gasteiger partial charge on any atom is 0.190 e. The van der Waals surface area contributed by atoms with Crippen LogP contribution in [0, 0.1) is 0 Å². The number of aldehydes is 1. The van der Waals surface area contributed by atoms with Crippen LogP contribution in [0.25, 0.3) is 0 Å². The highest BCUT2D eigenvalue weighted by molar-refractivity contribution is 5.80. The lowest BCUT2D eigenvalue weighted by atomic mass is 10.3. The van der Waals surface area contributed by atoms with E-state index in [1.165, 1.54) is 6.20 Å². The van der Waals surface area contributed by atoms with Gasteiger partial charge in [-0.15, -0.1) is 5.11 Å². The van der Waals surface area contributed by atoms with Crippen LogP contribution in [0.2, 0.25) is 0 Å². The number of nitrogens with two attached hydrogens (primary N) is 1. The number of carbonyl (C=O) groups excluding carboxylic acids is 1. The second kappa shape index (κ2) is 3.49. The van der Waals surface area contributed by atoms with Crippen molar-refractivity contribution in [2.45, 2.75) is 18.8 Å². The molecule has 0 amide bonds. The summed E-state index contributed by atoms with van der Waals surface area (Å²) in [5.74, 6) is 6.30. The lowest BCUT2D eigenvalue weighted by molar-refractivity contribution is 0.112. The summed E-state index contributed by atoms with van der Waals surface area (Å²) in [5, 5.41) is 6.68. The van der Waals surface area contributed by atoms with Gasteiger partial charge in [-0.1, -0.05) is 5.22 Å². The topological polar surface area (TPSA) is 93.6 Å². The molecule has 1 heterocycles. The van der Waals surface area contributed by atoms with Gasteiger partial charge in [-0.3, -0.25) is 4.79 Å². The number of nitrogens with zero attached hydrogens (tertiary/aromatic N) is 4. The smallest absolute Gasteiger partial charge is 0.190 e. The highest BCUT2D eigenvalue weighted by Gasteiger charge is 2.27. The molecule has 2 rings (SSSR count). The summed E-state index contributed by atoms with van der Waals surface area (Å²) < 4.78 is 0. The van der Waals surface area contributed by atoms with E-state index in [0.717, 1.165) is 18.7 Å². The Kier molecular flexibility index (Phi) is 2.18. The summed E-state index contributed by atoms with van der Waals surface area (Å²) in [7, 11) is 0. The second-order valence-corrected chi connectivity index (χ2v) is 3.11. The molecular weight excluding hydrogens is 182 g/mol. The Labute approximate surface area is 80.2 Å². The van der Waals surface area contributed by atoms with Crippen LogP contribution in [-0.2, 0) is 0 Å². The van der Waals surface area contributed by atoms with E-state index in [-0.39, 0.29) is 5.82 Å². The third-order valence-corrected chi connectivity index (χ3v) is 2.04. The molecule has 0 aliphatic heterocycles. The van der Waals surface area contributed by atoms with Crippen molar-refractivity contribution in [3.05, 3.63) is 17.6 Å². The largest absolute Gasteiger partial charge is 0.305 e. The maximum absolute atomic E-state index is 10.6. The van der Waals surface area contributed by atoms with Crippen molar-refractivity contribution in [1.82, 2.24) is 9.97 Å². The van der Waals surface area contributed by atoms with Crippen LogP contribution in [0.5, 0.6) is 0 Å². The van der Waals surface area contributed by atoms with Gasteiger partial charge in [-0.05, 0) is 12.8 Å². The molecule has 1 saturated carbocycles.